The molecule has 1 aliphatic heterocycles. The number of hydrogen-bond donors (Lipinski definition) is 1. The molecule has 1 saturated heterocycles. The average Bonchev–Trinajstić information content (AvgIpc) is 2.79. The van der Waals surface area contributed by atoms with Gasteiger partial charge in [-0.25, -0.2) is 8.42 Å². The van der Waals surface area contributed by atoms with Gasteiger partial charge in [-0.1, -0.05) is 0 Å². The maximum absolute atomic E-state index is 12.4. The van der Waals surface area contributed by atoms with Gasteiger partial charge in [0.25, 0.3) is 10.0 Å². The molecule has 102 valence electrons. The number of nitrogens with one attached hydrogen (secondary N) is 1. The first-order valence-corrected chi connectivity index (χ1v) is 8.15. The van der Waals surface area contributed by atoms with E-state index in [4.69, 9.17) is 4.74 Å². The van der Waals surface area contributed by atoms with Crippen LogP contribution >= 0.6 is 11.3 Å². The molecular weight excluding hydrogens is 272 g/mol. The van der Waals surface area contributed by atoms with Crippen molar-refractivity contribution in [2.45, 2.75) is 23.8 Å². The lowest BCUT2D eigenvalue weighted by Crippen LogP contribution is -2.44. The highest BCUT2D eigenvalue weighted by Gasteiger charge is 2.30. The van der Waals surface area contributed by atoms with Crippen molar-refractivity contribution in [3.63, 3.8) is 0 Å². The monoisotopic (exact) mass is 290 g/mol. The quantitative estimate of drug-likeness (QED) is 0.894. The Labute approximate surface area is 112 Å². The van der Waals surface area contributed by atoms with Crippen molar-refractivity contribution in [1.82, 2.24) is 9.62 Å². The highest BCUT2D eigenvalue weighted by atomic mass is 32.2. The van der Waals surface area contributed by atoms with E-state index < -0.39 is 10.0 Å². The van der Waals surface area contributed by atoms with Crippen LogP contribution in [0.1, 0.15) is 11.8 Å². The molecule has 0 bridgehead atoms. The summed E-state index contributed by atoms with van der Waals surface area (Å²) in [5.74, 6) is 0. The third-order valence-corrected chi connectivity index (χ3v) is 6.20. The maximum Gasteiger partial charge on any atom is 0.252 e. The molecule has 1 aromatic rings. The van der Waals surface area contributed by atoms with Crippen molar-refractivity contribution in [3.8, 4) is 0 Å². The fourth-order valence-corrected chi connectivity index (χ4v) is 4.92. The van der Waals surface area contributed by atoms with Crippen LogP contribution < -0.4 is 5.32 Å². The number of ether oxygens (including phenoxy) is 1. The smallest absolute Gasteiger partial charge is 0.252 e. The van der Waals surface area contributed by atoms with Gasteiger partial charge >= 0.3 is 0 Å². The summed E-state index contributed by atoms with van der Waals surface area (Å²) < 4.78 is 32.1. The second kappa shape index (κ2) is 5.66. The number of thiophene rings is 1. The van der Waals surface area contributed by atoms with E-state index in [0.29, 0.717) is 30.5 Å². The lowest BCUT2D eigenvalue weighted by atomic mass is 10.3. The molecular formula is C11H18N2O3S2. The van der Waals surface area contributed by atoms with Crippen LogP contribution in [0.4, 0.5) is 0 Å². The molecule has 1 atom stereocenters. The predicted octanol–water partition coefficient (Wildman–Crippen LogP) is 0.877. The van der Waals surface area contributed by atoms with E-state index in [2.05, 4.69) is 5.32 Å². The second-order valence-corrected chi connectivity index (χ2v) is 7.63. The van der Waals surface area contributed by atoms with Crippen LogP contribution in [0.2, 0.25) is 0 Å². The van der Waals surface area contributed by atoms with Crippen molar-refractivity contribution in [2.24, 2.45) is 0 Å². The Morgan fingerprint density at radius 2 is 2.33 bits per heavy atom. The fraction of sp³-hybridized carbons (Fsp3) is 0.636. The first-order chi connectivity index (χ1) is 8.54. The Balaban J connectivity index is 2.18. The van der Waals surface area contributed by atoms with E-state index in [0.717, 1.165) is 4.88 Å². The number of nitrogens with zero attached hydrogens (tertiary/aromatic N) is 1. The van der Waals surface area contributed by atoms with Gasteiger partial charge in [0.05, 0.1) is 12.7 Å². The summed E-state index contributed by atoms with van der Waals surface area (Å²) >= 11 is 1.33. The molecule has 0 aliphatic carbocycles. The zero-order chi connectivity index (χ0) is 13.2. The summed E-state index contributed by atoms with van der Waals surface area (Å²) in [5.41, 5.74) is 0. The molecule has 1 unspecified atom stereocenters. The van der Waals surface area contributed by atoms with Gasteiger partial charge in [0.15, 0.2) is 0 Å². The molecule has 0 amide bonds. The Morgan fingerprint density at radius 3 is 3.00 bits per heavy atom. The molecule has 2 heterocycles. The zero-order valence-corrected chi connectivity index (χ0v) is 12.2. The number of sulfonamides is 1. The highest BCUT2D eigenvalue weighted by Crippen LogP contribution is 2.26. The highest BCUT2D eigenvalue weighted by molar-refractivity contribution is 7.91. The van der Waals surface area contributed by atoms with E-state index in [9.17, 15) is 8.42 Å². The molecule has 0 spiro atoms. The maximum atomic E-state index is 12.4. The van der Waals surface area contributed by atoms with Crippen molar-refractivity contribution in [2.75, 3.05) is 26.7 Å². The first kappa shape index (κ1) is 14.0. The molecule has 5 nitrogen and oxygen atoms in total. The van der Waals surface area contributed by atoms with E-state index in [1.165, 1.54) is 15.6 Å². The van der Waals surface area contributed by atoms with Gasteiger partial charge in [-0.3, -0.25) is 0 Å². The summed E-state index contributed by atoms with van der Waals surface area (Å²) in [5, 5.41) is 3.02. The van der Waals surface area contributed by atoms with Gasteiger partial charge in [0, 0.05) is 24.5 Å². The van der Waals surface area contributed by atoms with Crippen molar-refractivity contribution in [3.05, 3.63) is 17.0 Å². The molecule has 18 heavy (non-hydrogen) atoms. The minimum Gasteiger partial charge on any atom is -0.376 e. The van der Waals surface area contributed by atoms with Crippen LogP contribution in [0.25, 0.3) is 0 Å². The van der Waals surface area contributed by atoms with Crippen molar-refractivity contribution >= 4 is 21.4 Å². The largest absolute Gasteiger partial charge is 0.376 e. The SMILES string of the molecule is CNCc1ccc(S(=O)(=O)N2CCOC(C)C2)s1. The Hall–Kier alpha value is -0.470. The third-order valence-electron chi connectivity index (χ3n) is 2.79. The molecule has 0 radical (unpaired) electrons. The summed E-state index contributed by atoms with van der Waals surface area (Å²) in [6.45, 7) is 3.92. The minimum atomic E-state index is -3.35. The van der Waals surface area contributed by atoms with E-state index in [-0.39, 0.29) is 6.10 Å². The second-order valence-electron chi connectivity index (χ2n) is 4.30. The topological polar surface area (TPSA) is 58.6 Å². The van der Waals surface area contributed by atoms with Gasteiger partial charge in [-0.2, -0.15) is 4.31 Å². The molecule has 0 aromatic carbocycles. The average molecular weight is 290 g/mol. The van der Waals surface area contributed by atoms with Crippen LogP contribution in [-0.2, 0) is 21.3 Å². The van der Waals surface area contributed by atoms with Crippen molar-refractivity contribution in [1.29, 1.82) is 0 Å². The van der Waals surface area contributed by atoms with Crippen LogP contribution in [0.5, 0.6) is 0 Å². The lowest BCUT2D eigenvalue weighted by molar-refractivity contribution is 0.0102. The minimum absolute atomic E-state index is 0.0368. The van der Waals surface area contributed by atoms with E-state index in [1.54, 1.807) is 6.07 Å². The summed E-state index contributed by atoms with van der Waals surface area (Å²) in [4.78, 5) is 1.03. The standard InChI is InChI=1S/C11H18N2O3S2/c1-9-8-13(5-6-16-9)18(14,15)11-4-3-10(17-11)7-12-2/h3-4,9,12H,5-8H2,1-2H3. The molecule has 2 rings (SSSR count). The van der Waals surface area contributed by atoms with Gasteiger partial charge in [0.2, 0.25) is 0 Å². The van der Waals surface area contributed by atoms with E-state index >= 15 is 0 Å². The fourth-order valence-electron chi connectivity index (χ4n) is 1.90. The number of hydrogen-bond acceptors (Lipinski definition) is 5. The molecule has 7 heteroatoms. The molecule has 1 aliphatic rings. The number of morpholine rings is 1. The summed E-state index contributed by atoms with van der Waals surface area (Å²) in [6, 6.07) is 3.55. The summed E-state index contributed by atoms with van der Waals surface area (Å²) in [6.07, 6.45) is -0.0368. The lowest BCUT2D eigenvalue weighted by Gasteiger charge is -2.29. The van der Waals surface area contributed by atoms with E-state index in [1.807, 2.05) is 20.0 Å². The first-order valence-electron chi connectivity index (χ1n) is 5.89. The molecule has 1 N–H and O–H groups in total. The normalized spacial score (nSPS) is 22.2. The van der Waals surface area contributed by atoms with Crippen LogP contribution in [0, 0.1) is 0 Å². The van der Waals surface area contributed by atoms with Gasteiger partial charge < -0.3 is 10.1 Å². The van der Waals surface area contributed by atoms with Gasteiger partial charge in [-0.05, 0) is 26.1 Å². The Morgan fingerprint density at radius 1 is 1.56 bits per heavy atom. The van der Waals surface area contributed by atoms with Gasteiger partial charge in [-0.15, -0.1) is 11.3 Å². The van der Waals surface area contributed by atoms with Crippen LogP contribution in [0.15, 0.2) is 16.3 Å². The molecule has 1 fully saturated rings. The predicted molar refractivity (Wildman–Crippen MR) is 71.3 cm³/mol. The third kappa shape index (κ3) is 2.92. The molecule has 0 saturated carbocycles. The zero-order valence-electron chi connectivity index (χ0n) is 10.5. The van der Waals surface area contributed by atoms with Crippen LogP contribution in [-0.4, -0.2) is 45.6 Å². The van der Waals surface area contributed by atoms with Crippen molar-refractivity contribution < 1.29 is 13.2 Å². The Kier molecular flexibility index (Phi) is 4.39. The summed E-state index contributed by atoms with van der Waals surface area (Å²) in [7, 11) is -1.50. The Bertz CT molecular complexity index is 498. The van der Waals surface area contributed by atoms with Crippen LogP contribution in [0.3, 0.4) is 0 Å². The molecule has 1 aromatic heterocycles. The number of rotatable bonds is 4. The van der Waals surface area contributed by atoms with Gasteiger partial charge in [0.1, 0.15) is 4.21 Å².